The van der Waals surface area contributed by atoms with Crippen molar-refractivity contribution in [3.63, 3.8) is 0 Å². The third kappa shape index (κ3) is 3.69. The van der Waals surface area contributed by atoms with Crippen LogP contribution in [-0.4, -0.2) is 20.5 Å². The molecule has 0 N–H and O–H groups in total. The van der Waals surface area contributed by atoms with Crippen molar-refractivity contribution in [3.8, 4) is 16.8 Å². The average molecular weight is 443 g/mol. The second-order valence-electron chi connectivity index (χ2n) is 7.38. The Morgan fingerprint density at radius 1 is 1.03 bits per heavy atom. The number of hydrogen-bond donors (Lipinski definition) is 0. The fraction of sp³-hybridized carbons (Fsp3) is 0.160. The first-order chi connectivity index (χ1) is 15.1. The van der Waals surface area contributed by atoms with E-state index in [4.69, 9.17) is 16.6 Å². The van der Waals surface area contributed by atoms with Gasteiger partial charge in [0, 0.05) is 22.6 Å². The first-order valence-electron chi connectivity index (χ1n) is 10.00. The van der Waals surface area contributed by atoms with Gasteiger partial charge in [0.05, 0.1) is 10.6 Å². The molecule has 0 unspecified atom stereocenters. The molecule has 0 saturated heterocycles. The number of rotatable bonds is 2. The second-order valence-corrected chi connectivity index (χ2v) is 8.82. The van der Waals surface area contributed by atoms with Crippen molar-refractivity contribution >= 4 is 28.6 Å². The summed E-state index contributed by atoms with van der Waals surface area (Å²) in [6.45, 7) is 4.54. The van der Waals surface area contributed by atoms with Crippen molar-refractivity contribution in [1.29, 1.82) is 0 Å². The molecule has 4 aromatic rings. The third-order valence-electron chi connectivity index (χ3n) is 5.32. The molecule has 0 spiro atoms. The summed E-state index contributed by atoms with van der Waals surface area (Å²) < 4.78 is 2.08. The molecule has 0 saturated carbocycles. The fourth-order valence-corrected chi connectivity index (χ4v) is 5.03. The molecule has 4 nitrogen and oxygen atoms in total. The number of aromatic nitrogens is 3. The van der Waals surface area contributed by atoms with Gasteiger partial charge >= 0.3 is 0 Å². The van der Waals surface area contributed by atoms with Crippen LogP contribution in [0.1, 0.15) is 38.8 Å². The van der Waals surface area contributed by atoms with Crippen LogP contribution in [0.3, 0.4) is 0 Å². The highest BCUT2D eigenvalue weighted by Crippen LogP contribution is 2.34. The van der Waals surface area contributed by atoms with Crippen LogP contribution in [-0.2, 0) is 13.0 Å². The van der Waals surface area contributed by atoms with E-state index in [-0.39, 0.29) is 0 Å². The molecule has 1 aliphatic heterocycles. The first-order valence-corrected chi connectivity index (χ1v) is 11.2. The predicted octanol–water partition coefficient (Wildman–Crippen LogP) is 5.54. The van der Waals surface area contributed by atoms with E-state index < -0.39 is 0 Å². The molecular formula is C25H19ClN4S. The van der Waals surface area contributed by atoms with Crippen LogP contribution in [0.5, 0.6) is 0 Å². The lowest BCUT2D eigenvalue weighted by Gasteiger charge is -2.08. The minimum absolute atomic E-state index is 0.455. The molecule has 0 aliphatic carbocycles. The molecule has 152 valence electrons. The fourth-order valence-electron chi connectivity index (χ4n) is 3.70. The number of aliphatic imine (C=N–C) groups is 1. The van der Waals surface area contributed by atoms with E-state index in [2.05, 4.69) is 63.9 Å². The van der Waals surface area contributed by atoms with Gasteiger partial charge in [-0.3, -0.25) is 9.56 Å². The summed E-state index contributed by atoms with van der Waals surface area (Å²) >= 11 is 8.17. The monoisotopic (exact) mass is 442 g/mol. The van der Waals surface area contributed by atoms with E-state index in [1.54, 1.807) is 11.3 Å². The topological polar surface area (TPSA) is 43.1 Å². The average Bonchev–Trinajstić information content (AvgIpc) is 3.30. The van der Waals surface area contributed by atoms with Crippen LogP contribution in [0.25, 0.3) is 5.00 Å². The molecule has 31 heavy (non-hydrogen) atoms. The van der Waals surface area contributed by atoms with E-state index >= 15 is 0 Å². The van der Waals surface area contributed by atoms with Gasteiger partial charge < -0.3 is 0 Å². The van der Waals surface area contributed by atoms with E-state index in [0.717, 1.165) is 44.8 Å². The van der Waals surface area contributed by atoms with Gasteiger partial charge in [0.15, 0.2) is 5.82 Å². The molecule has 0 radical (unpaired) electrons. The van der Waals surface area contributed by atoms with Crippen molar-refractivity contribution in [3.05, 3.63) is 98.4 Å². The Bertz CT molecular complexity index is 1380. The summed E-state index contributed by atoms with van der Waals surface area (Å²) in [6, 6.07) is 18.3. The van der Waals surface area contributed by atoms with Gasteiger partial charge in [-0.25, -0.2) is 0 Å². The summed E-state index contributed by atoms with van der Waals surface area (Å²) in [4.78, 5) is 5.86. The Kier molecular flexibility index (Phi) is 5.19. The number of aryl methyl sites for hydroxylation is 2. The quantitative estimate of drug-likeness (QED) is 0.382. The van der Waals surface area contributed by atoms with Crippen LogP contribution in [0.15, 0.2) is 59.6 Å². The molecular weight excluding hydrogens is 424 g/mol. The summed E-state index contributed by atoms with van der Waals surface area (Å²) in [5.41, 5.74) is 5.31. The number of fused-ring (bicyclic) bond motifs is 3. The van der Waals surface area contributed by atoms with Crippen LogP contribution in [0, 0.1) is 25.7 Å². The first kappa shape index (κ1) is 19.7. The lowest BCUT2D eigenvalue weighted by atomic mass is 10.0. The third-order valence-corrected chi connectivity index (χ3v) is 6.69. The summed E-state index contributed by atoms with van der Waals surface area (Å²) in [5, 5.41) is 10.3. The SMILES string of the molecule is Cc1ccccc1CC#Cc1cc2c(s1)-n1c(C)nnc1CN=C2c1ccccc1Cl. The standard InChI is InChI=1S/C25H19ClN4S/c1-16-8-3-4-9-18(16)10-7-11-19-14-21-24(20-12-5-6-13-22(20)26)27-15-23-29-28-17(2)30(23)25(21)31-19/h3-6,8-9,12-14H,10,15H2,1-2H3. The molecule has 0 fully saturated rings. The number of thiophene rings is 1. The highest BCUT2D eigenvalue weighted by molar-refractivity contribution is 7.15. The van der Waals surface area contributed by atoms with Gasteiger partial charge in [-0.2, -0.15) is 0 Å². The van der Waals surface area contributed by atoms with E-state index in [1.807, 2.05) is 31.2 Å². The van der Waals surface area contributed by atoms with Crippen LogP contribution in [0.4, 0.5) is 0 Å². The van der Waals surface area contributed by atoms with Crippen molar-refractivity contribution in [2.75, 3.05) is 0 Å². The van der Waals surface area contributed by atoms with Gasteiger partial charge in [-0.1, -0.05) is 65.9 Å². The molecule has 6 heteroatoms. The smallest absolute Gasteiger partial charge is 0.160 e. The maximum Gasteiger partial charge on any atom is 0.160 e. The normalized spacial score (nSPS) is 12.3. The predicted molar refractivity (Wildman–Crippen MR) is 127 cm³/mol. The summed E-state index contributed by atoms with van der Waals surface area (Å²) in [6.07, 6.45) is 0.720. The highest BCUT2D eigenvalue weighted by Gasteiger charge is 2.25. The molecule has 2 aromatic carbocycles. The van der Waals surface area contributed by atoms with Gasteiger partial charge in [-0.15, -0.1) is 21.5 Å². The van der Waals surface area contributed by atoms with Crippen molar-refractivity contribution in [1.82, 2.24) is 14.8 Å². The Hall–Kier alpha value is -3.20. The van der Waals surface area contributed by atoms with Crippen molar-refractivity contribution < 1.29 is 0 Å². The molecule has 5 rings (SSSR count). The lowest BCUT2D eigenvalue weighted by molar-refractivity contribution is 0.869. The molecule has 0 atom stereocenters. The second kappa shape index (κ2) is 8.14. The van der Waals surface area contributed by atoms with Gasteiger partial charge in [0.1, 0.15) is 17.4 Å². The lowest BCUT2D eigenvalue weighted by Crippen LogP contribution is -2.05. The van der Waals surface area contributed by atoms with Crippen LogP contribution in [0.2, 0.25) is 5.02 Å². The minimum Gasteiger partial charge on any atom is -0.276 e. The van der Waals surface area contributed by atoms with Crippen molar-refractivity contribution in [2.45, 2.75) is 26.8 Å². The Balaban J connectivity index is 1.59. The van der Waals surface area contributed by atoms with E-state index in [9.17, 15) is 0 Å². The van der Waals surface area contributed by atoms with Gasteiger partial charge in [0.25, 0.3) is 0 Å². The molecule has 2 aromatic heterocycles. The maximum absolute atomic E-state index is 6.53. The van der Waals surface area contributed by atoms with Gasteiger partial charge in [-0.05, 0) is 37.1 Å². The van der Waals surface area contributed by atoms with E-state index in [0.29, 0.717) is 11.6 Å². The Morgan fingerprint density at radius 2 is 1.84 bits per heavy atom. The van der Waals surface area contributed by atoms with Crippen LogP contribution < -0.4 is 0 Å². The highest BCUT2D eigenvalue weighted by atomic mass is 35.5. The summed E-state index contributed by atoms with van der Waals surface area (Å²) in [7, 11) is 0. The molecule has 1 aliphatic rings. The van der Waals surface area contributed by atoms with Crippen LogP contribution >= 0.6 is 22.9 Å². The zero-order chi connectivity index (χ0) is 21.4. The zero-order valence-corrected chi connectivity index (χ0v) is 18.8. The summed E-state index contributed by atoms with van der Waals surface area (Å²) in [5.74, 6) is 8.35. The molecule has 0 bridgehead atoms. The molecule has 0 amide bonds. The minimum atomic E-state index is 0.455. The molecule has 3 heterocycles. The number of halogens is 1. The Labute approximate surface area is 190 Å². The number of benzene rings is 2. The number of nitrogens with zero attached hydrogens (tertiary/aromatic N) is 4. The van der Waals surface area contributed by atoms with Crippen molar-refractivity contribution in [2.24, 2.45) is 4.99 Å². The largest absolute Gasteiger partial charge is 0.276 e. The zero-order valence-electron chi connectivity index (χ0n) is 17.2. The van der Waals surface area contributed by atoms with E-state index in [1.165, 1.54) is 11.1 Å². The Morgan fingerprint density at radius 3 is 2.68 bits per heavy atom. The maximum atomic E-state index is 6.53. The number of hydrogen-bond acceptors (Lipinski definition) is 4. The van der Waals surface area contributed by atoms with Gasteiger partial charge in [0.2, 0.25) is 0 Å².